The van der Waals surface area contributed by atoms with Crippen LogP contribution in [0.4, 0.5) is 0 Å². The van der Waals surface area contributed by atoms with Crippen LogP contribution in [-0.2, 0) is 4.79 Å². The Morgan fingerprint density at radius 3 is 2.85 bits per heavy atom. The van der Waals surface area contributed by atoms with Gasteiger partial charge >= 0.3 is 0 Å². The summed E-state index contributed by atoms with van der Waals surface area (Å²) in [6.45, 7) is 2.08. The normalized spacial score (nSPS) is 23.5. The molecule has 0 N–H and O–H groups in total. The summed E-state index contributed by atoms with van der Waals surface area (Å²) in [5, 5.41) is 0. The third-order valence-electron chi connectivity index (χ3n) is 2.62. The van der Waals surface area contributed by atoms with E-state index >= 15 is 0 Å². The zero-order valence-corrected chi connectivity index (χ0v) is 9.05. The van der Waals surface area contributed by atoms with Crippen molar-refractivity contribution in [2.75, 3.05) is 33.1 Å². The lowest BCUT2D eigenvalue weighted by atomic mass is 10.2. The molecule has 0 aromatic rings. The summed E-state index contributed by atoms with van der Waals surface area (Å²) in [5.41, 5.74) is 0. The molecule has 1 atom stereocenters. The molecule has 76 valence electrons. The van der Waals surface area contributed by atoms with E-state index in [9.17, 15) is 4.79 Å². The number of hydrogen-bond acceptors (Lipinski definition) is 2. The van der Waals surface area contributed by atoms with Crippen LogP contribution >= 0.6 is 11.6 Å². The molecule has 1 heterocycles. The molecule has 0 aromatic carbocycles. The molecule has 4 heteroatoms. The Labute approximate surface area is 84.6 Å². The van der Waals surface area contributed by atoms with E-state index < -0.39 is 0 Å². The number of carbonyl (C=O) groups excluding carboxylic acids is 1. The van der Waals surface area contributed by atoms with Gasteiger partial charge in [0.15, 0.2) is 0 Å². The van der Waals surface area contributed by atoms with Gasteiger partial charge in [-0.3, -0.25) is 4.79 Å². The Morgan fingerprint density at radius 1 is 1.69 bits per heavy atom. The molecule has 13 heavy (non-hydrogen) atoms. The molecular formula is C9H17ClN2O. The first-order chi connectivity index (χ1) is 6.15. The maximum absolute atomic E-state index is 11.5. The second kappa shape index (κ2) is 4.82. The third-order valence-corrected chi connectivity index (χ3v) is 2.80. The zero-order chi connectivity index (χ0) is 9.84. The Kier molecular flexibility index (Phi) is 4.00. The number of nitrogens with zero attached hydrogens (tertiary/aromatic N) is 2. The van der Waals surface area contributed by atoms with Crippen molar-refractivity contribution in [2.45, 2.75) is 18.9 Å². The minimum Gasteiger partial charge on any atom is -0.341 e. The zero-order valence-electron chi connectivity index (χ0n) is 8.29. The fraction of sp³-hybridized carbons (Fsp3) is 0.889. The molecule has 0 radical (unpaired) electrons. The van der Waals surface area contributed by atoms with Gasteiger partial charge in [0, 0.05) is 31.9 Å². The Balaban J connectivity index is 2.38. The summed E-state index contributed by atoms with van der Waals surface area (Å²) >= 11 is 5.52. The first-order valence-electron chi connectivity index (χ1n) is 4.65. The second-order valence-corrected chi connectivity index (χ2v) is 4.03. The molecule has 1 unspecified atom stereocenters. The highest BCUT2D eigenvalue weighted by Gasteiger charge is 2.25. The molecule has 1 amide bonds. The summed E-state index contributed by atoms with van der Waals surface area (Å²) in [6, 6.07) is 0.390. The van der Waals surface area contributed by atoms with Crippen LogP contribution in [0.5, 0.6) is 0 Å². The second-order valence-electron chi connectivity index (χ2n) is 3.65. The predicted octanol–water partition coefficient (Wildman–Crippen LogP) is 0.778. The van der Waals surface area contributed by atoms with E-state index in [1.807, 2.05) is 11.9 Å². The molecular weight excluding hydrogens is 188 g/mol. The molecule has 0 spiro atoms. The highest BCUT2D eigenvalue weighted by molar-refractivity contribution is 6.18. The summed E-state index contributed by atoms with van der Waals surface area (Å²) in [5.74, 6) is 0.585. The van der Waals surface area contributed by atoms with Crippen LogP contribution in [0.2, 0.25) is 0 Å². The van der Waals surface area contributed by atoms with Crippen LogP contribution in [0.15, 0.2) is 0 Å². The Bertz CT molecular complexity index is 186. The number of amides is 1. The van der Waals surface area contributed by atoms with E-state index in [1.165, 1.54) is 0 Å². The van der Waals surface area contributed by atoms with Crippen LogP contribution in [0, 0.1) is 0 Å². The van der Waals surface area contributed by atoms with E-state index in [0.29, 0.717) is 18.3 Å². The summed E-state index contributed by atoms with van der Waals surface area (Å²) in [4.78, 5) is 15.5. The lowest BCUT2D eigenvalue weighted by Gasteiger charge is -2.24. The van der Waals surface area contributed by atoms with Crippen LogP contribution < -0.4 is 0 Å². The number of hydrogen-bond donors (Lipinski definition) is 0. The number of carbonyl (C=O) groups is 1. The van der Waals surface area contributed by atoms with Gasteiger partial charge in [0.2, 0.25) is 5.91 Å². The van der Waals surface area contributed by atoms with Gasteiger partial charge in [-0.25, -0.2) is 0 Å². The third kappa shape index (κ3) is 2.85. The first-order valence-corrected chi connectivity index (χ1v) is 5.18. The quantitative estimate of drug-likeness (QED) is 0.635. The standard InChI is InChI=1S/C9H17ClN2O/c1-11-6-4-8(7-11)12(2)9(13)3-5-10/h8H,3-7H2,1-2H3. The first kappa shape index (κ1) is 10.8. The SMILES string of the molecule is CN1CCC(N(C)C(=O)CCCl)C1. The fourth-order valence-corrected chi connectivity index (χ4v) is 1.85. The van der Waals surface area contributed by atoms with E-state index in [1.54, 1.807) is 0 Å². The van der Waals surface area contributed by atoms with Crippen molar-refractivity contribution in [3.05, 3.63) is 0 Å². The summed E-state index contributed by atoms with van der Waals surface area (Å²) in [6.07, 6.45) is 1.54. The lowest BCUT2D eigenvalue weighted by molar-refractivity contribution is -0.131. The van der Waals surface area contributed by atoms with E-state index in [4.69, 9.17) is 11.6 Å². The van der Waals surface area contributed by atoms with E-state index in [2.05, 4.69) is 11.9 Å². The van der Waals surface area contributed by atoms with Gasteiger partial charge in [0.25, 0.3) is 0 Å². The largest absolute Gasteiger partial charge is 0.341 e. The molecule has 1 fully saturated rings. The Hall–Kier alpha value is -0.280. The maximum atomic E-state index is 11.5. The molecule has 1 rings (SSSR count). The monoisotopic (exact) mass is 204 g/mol. The van der Waals surface area contributed by atoms with Gasteiger partial charge < -0.3 is 9.80 Å². The highest BCUT2D eigenvalue weighted by atomic mass is 35.5. The van der Waals surface area contributed by atoms with Crippen molar-refractivity contribution in [2.24, 2.45) is 0 Å². The maximum Gasteiger partial charge on any atom is 0.223 e. The predicted molar refractivity (Wildman–Crippen MR) is 54.0 cm³/mol. The van der Waals surface area contributed by atoms with Gasteiger partial charge in [0.05, 0.1) is 0 Å². The molecule has 0 saturated carbocycles. The van der Waals surface area contributed by atoms with Crippen molar-refractivity contribution in [1.29, 1.82) is 0 Å². The number of likely N-dealkylation sites (tertiary alicyclic amines) is 1. The van der Waals surface area contributed by atoms with Crippen molar-refractivity contribution in [3.8, 4) is 0 Å². The highest BCUT2D eigenvalue weighted by Crippen LogP contribution is 2.13. The smallest absolute Gasteiger partial charge is 0.223 e. The van der Waals surface area contributed by atoms with Crippen LogP contribution in [0.3, 0.4) is 0 Å². The number of halogens is 1. The average molecular weight is 205 g/mol. The lowest BCUT2D eigenvalue weighted by Crippen LogP contribution is -2.38. The molecule has 1 saturated heterocycles. The van der Waals surface area contributed by atoms with Crippen LogP contribution in [0.1, 0.15) is 12.8 Å². The van der Waals surface area contributed by atoms with Crippen molar-refractivity contribution in [1.82, 2.24) is 9.80 Å². The van der Waals surface area contributed by atoms with Crippen LogP contribution in [-0.4, -0.2) is 54.8 Å². The van der Waals surface area contributed by atoms with Crippen molar-refractivity contribution in [3.63, 3.8) is 0 Å². The average Bonchev–Trinajstić information content (AvgIpc) is 2.51. The topological polar surface area (TPSA) is 23.6 Å². The van der Waals surface area contributed by atoms with Crippen molar-refractivity contribution >= 4 is 17.5 Å². The fourth-order valence-electron chi connectivity index (χ4n) is 1.69. The van der Waals surface area contributed by atoms with Crippen LogP contribution in [0.25, 0.3) is 0 Å². The van der Waals surface area contributed by atoms with Gasteiger partial charge in [-0.15, -0.1) is 11.6 Å². The molecule has 1 aliphatic rings. The molecule has 0 bridgehead atoms. The van der Waals surface area contributed by atoms with Gasteiger partial charge in [-0.1, -0.05) is 0 Å². The minimum atomic E-state index is 0.162. The van der Waals surface area contributed by atoms with Crippen molar-refractivity contribution < 1.29 is 4.79 Å². The number of alkyl halides is 1. The molecule has 1 aliphatic heterocycles. The molecule has 0 aromatic heterocycles. The molecule has 3 nitrogen and oxygen atoms in total. The minimum absolute atomic E-state index is 0.162. The van der Waals surface area contributed by atoms with E-state index in [-0.39, 0.29) is 5.91 Å². The summed E-state index contributed by atoms with van der Waals surface area (Å²) in [7, 11) is 3.96. The number of likely N-dealkylation sites (N-methyl/N-ethyl adjacent to an activating group) is 2. The van der Waals surface area contributed by atoms with Gasteiger partial charge in [-0.05, 0) is 20.0 Å². The summed E-state index contributed by atoms with van der Waals surface area (Å²) < 4.78 is 0. The van der Waals surface area contributed by atoms with Gasteiger partial charge in [-0.2, -0.15) is 0 Å². The van der Waals surface area contributed by atoms with Gasteiger partial charge in [0.1, 0.15) is 0 Å². The van der Waals surface area contributed by atoms with E-state index in [0.717, 1.165) is 19.5 Å². The Morgan fingerprint density at radius 2 is 2.38 bits per heavy atom. The molecule has 0 aliphatic carbocycles. The number of rotatable bonds is 3.